The summed E-state index contributed by atoms with van der Waals surface area (Å²) in [4.78, 5) is 11.0. The van der Waals surface area contributed by atoms with Crippen LogP contribution >= 0.6 is 0 Å². The van der Waals surface area contributed by atoms with Gasteiger partial charge in [0.15, 0.2) is 0 Å². The molecule has 13 heavy (non-hydrogen) atoms. The molecule has 0 saturated heterocycles. The molecule has 0 fully saturated rings. The van der Waals surface area contributed by atoms with E-state index in [0.29, 0.717) is 6.61 Å². The molecule has 0 spiro atoms. The van der Waals surface area contributed by atoms with E-state index in [2.05, 4.69) is 21.1 Å². The van der Waals surface area contributed by atoms with Crippen molar-refractivity contribution in [3.8, 4) is 0 Å². The van der Waals surface area contributed by atoms with Crippen LogP contribution in [0.3, 0.4) is 0 Å². The highest BCUT2D eigenvalue weighted by Gasteiger charge is 2.07. The summed E-state index contributed by atoms with van der Waals surface area (Å²) < 4.78 is 5.79. The van der Waals surface area contributed by atoms with Gasteiger partial charge in [-0.2, -0.15) is 0 Å². The Balaban J connectivity index is 3.54. The smallest absolute Gasteiger partial charge is 0.330 e. The molecule has 0 aromatic heterocycles. The van der Waals surface area contributed by atoms with Crippen LogP contribution in [-0.2, 0) is 9.53 Å². The highest BCUT2D eigenvalue weighted by molar-refractivity contribution is 5.81. The zero-order valence-electron chi connectivity index (χ0n) is 9.04. The fourth-order valence-corrected chi connectivity index (χ4v) is 0.682. The van der Waals surface area contributed by atoms with Gasteiger partial charge in [-0.05, 0) is 6.42 Å². The number of quaternary nitrogens is 1. The highest BCUT2D eigenvalue weighted by Crippen LogP contribution is 1.91. The fourth-order valence-electron chi connectivity index (χ4n) is 0.682. The predicted octanol–water partition coefficient (Wildman–Crippen LogP) is 1.20. The van der Waals surface area contributed by atoms with E-state index < -0.39 is 0 Å². The first kappa shape index (κ1) is 12.2. The first-order valence-electron chi connectivity index (χ1n) is 4.59. The first-order valence-corrected chi connectivity index (χ1v) is 4.59. The normalized spacial score (nSPS) is 12.0. The van der Waals surface area contributed by atoms with Crippen molar-refractivity contribution in [1.82, 2.24) is 0 Å². The minimum absolute atomic E-state index is 0.240. The molecule has 0 N–H and O–H groups in total. The largest absolute Gasteiger partial charge is 0.457 e. The SMILES string of the molecule is CCC=CC(=O)OCC[N+](C)(C)C. The van der Waals surface area contributed by atoms with Crippen LogP contribution in [0.5, 0.6) is 0 Å². The van der Waals surface area contributed by atoms with Gasteiger partial charge in [0.2, 0.25) is 0 Å². The van der Waals surface area contributed by atoms with E-state index in [9.17, 15) is 4.79 Å². The van der Waals surface area contributed by atoms with Gasteiger partial charge in [-0.1, -0.05) is 13.0 Å². The van der Waals surface area contributed by atoms with Crippen molar-refractivity contribution < 1.29 is 14.0 Å². The second-order valence-electron chi connectivity index (χ2n) is 3.99. The maximum Gasteiger partial charge on any atom is 0.330 e. The van der Waals surface area contributed by atoms with E-state index >= 15 is 0 Å². The van der Waals surface area contributed by atoms with Crippen molar-refractivity contribution in [2.45, 2.75) is 13.3 Å². The lowest BCUT2D eigenvalue weighted by atomic mass is 10.4. The number of esters is 1. The van der Waals surface area contributed by atoms with Crippen LogP contribution in [0.2, 0.25) is 0 Å². The number of allylic oxidation sites excluding steroid dienone is 1. The lowest BCUT2D eigenvalue weighted by Gasteiger charge is -2.23. The zero-order chi connectivity index (χ0) is 10.3. The summed E-state index contributed by atoms with van der Waals surface area (Å²) in [6.07, 6.45) is 4.15. The summed E-state index contributed by atoms with van der Waals surface area (Å²) in [5, 5.41) is 0. The number of likely N-dealkylation sites (N-methyl/N-ethyl adjacent to an activating group) is 1. The molecule has 0 unspecified atom stereocenters. The van der Waals surface area contributed by atoms with Crippen molar-refractivity contribution in [3.63, 3.8) is 0 Å². The lowest BCUT2D eigenvalue weighted by Crippen LogP contribution is -2.37. The number of nitrogens with zero attached hydrogens (tertiary/aromatic N) is 1. The van der Waals surface area contributed by atoms with Crippen molar-refractivity contribution in [3.05, 3.63) is 12.2 Å². The molecule has 0 aliphatic carbocycles. The second-order valence-corrected chi connectivity index (χ2v) is 3.99. The number of ether oxygens (including phenoxy) is 1. The number of hydrogen-bond donors (Lipinski definition) is 0. The minimum Gasteiger partial charge on any atom is -0.457 e. The molecule has 0 amide bonds. The molecule has 0 aliphatic heterocycles. The van der Waals surface area contributed by atoms with E-state index in [4.69, 9.17) is 4.74 Å². The van der Waals surface area contributed by atoms with Crippen LogP contribution in [0.4, 0.5) is 0 Å². The Bertz CT molecular complexity index is 180. The van der Waals surface area contributed by atoms with Gasteiger partial charge in [-0.3, -0.25) is 0 Å². The third-order valence-electron chi connectivity index (χ3n) is 1.50. The molecular weight excluding hydrogens is 166 g/mol. The van der Waals surface area contributed by atoms with Crippen molar-refractivity contribution in [2.75, 3.05) is 34.3 Å². The van der Waals surface area contributed by atoms with Crippen LogP contribution in [0.1, 0.15) is 13.3 Å². The molecule has 0 heterocycles. The summed E-state index contributed by atoms with van der Waals surface area (Å²) >= 11 is 0. The van der Waals surface area contributed by atoms with Gasteiger partial charge in [0.1, 0.15) is 13.2 Å². The van der Waals surface area contributed by atoms with Crippen LogP contribution in [0.15, 0.2) is 12.2 Å². The predicted molar refractivity (Wildman–Crippen MR) is 53.3 cm³/mol. The van der Waals surface area contributed by atoms with E-state index in [-0.39, 0.29) is 5.97 Å². The molecule has 76 valence electrons. The second kappa shape index (κ2) is 5.75. The zero-order valence-corrected chi connectivity index (χ0v) is 9.04. The number of carbonyl (C=O) groups is 1. The van der Waals surface area contributed by atoms with Gasteiger partial charge in [0, 0.05) is 6.08 Å². The third-order valence-corrected chi connectivity index (χ3v) is 1.50. The molecule has 0 atom stereocenters. The Morgan fingerprint density at radius 3 is 2.46 bits per heavy atom. The summed E-state index contributed by atoms with van der Waals surface area (Å²) in [5.74, 6) is -0.240. The molecule has 0 rings (SSSR count). The quantitative estimate of drug-likeness (QED) is 0.366. The summed E-state index contributed by atoms with van der Waals surface area (Å²) in [6.45, 7) is 3.30. The van der Waals surface area contributed by atoms with Crippen molar-refractivity contribution in [2.24, 2.45) is 0 Å². The maximum atomic E-state index is 11.0. The van der Waals surface area contributed by atoms with Crippen LogP contribution in [0.25, 0.3) is 0 Å². The molecule has 0 bridgehead atoms. The van der Waals surface area contributed by atoms with E-state index in [1.165, 1.54) is 6.08 Å². The Morgan fingerprint density at radius 1 is 1.38 bits per heavy atom. The molecule has 0 saturated carbocycles. The van der Waals surface area contributed by atoms with Gasteiger partial charge in [-0.25, -0.2) is 4.79 Å². The molecule has 3 nitrogen and oxygen atoms in total. The van der Waals surface area contributed by atoms with Crippen LogP contribution in [-0.4, -0.2) is 44.7 Å². The number of carbonyl (C=O) groups excluding carboxylic acids is 1. The number of hydrogen-bond acceptors (Lipinski definition) is 2. The molecular formula is C10H20NO2+. The molecule has 0 aliphatic rings. The Kier molecular flexibility index (Phi) is 5.39. The van der Waals surface area contributed by atoms with Gasteiger partial charge >= 0.3 is 5.97 Å². The highest BCUT2D eigenvalue weighted by atomic mass is 16.5. The van der Waals surface area contributed by atoms with E-state index in [0.717, 1.165) is 17.4 Å². The van der Waals surface area contributed by atoms with Crippen molar-refractivity contribution >= 4 is 5.97 Å². The lowest BCUT2D eigenvalue weighted by molar-refractivity contribution is -0.870. The fraction of sp³-hybridized carbons (Fsp3) is 0.700. The monoisotopic (exact) mass is 186 g/mol. The summed E-state index contributed by atoms with van der Waals surface area (Å²) in [6, 6.07) is 0. The van der Waals surface area contributed by atoms with Crippen LogP contribution < -0.4 is 0 Å². The maximum absolute atomic E-state index is 11.0. The van der Waals surface area contributed by atoms with Gasteiger partial charge in [-0.15, -0.1) is 0 Å². The van der Waals surface area contributed by atoms with E-state index in [1.54, 1.807) is 6.08 Å². The Labute approximate surface area is 80.6 Å². The average Bonchev–Trinajstić information content (AvgIpc) is 1.98. The Hall–Kier alpha value is -0.830. The topological polar surface area (TPSA) is 26.3 Å². The third kappa shape index (κ3) is 9.08. The van der Waals surface area contributed by atoms with Crippen molar-refractivity contribution in [1.29, 1.82) is 0 Å². The van der Waals surface area contributed by atoms with Crippen LogP contribution in [0, 0.1) is 0 Å². The molecule has 0 aromatic rings. The minimum atomic E-state index is -0.240. The number of rotatable bonds is 5. The summed E-state index contributed by atoms with van der Waals surface area (Å²) in [5.41, 5.74) is 0. The average molecular weight is 186 g/mol. The van der Waals surface area contributed by atoms with Gasteiger partial charge in [0.05, 0.1) is 21.1 Å². The molecule has 0 aromatic carbocycles. The Morgan fingerprint density at radius 2 is 2.00 bits per heavy atom. The molecule has 3 heteroatoms. The first-order chi connectivity index (χ1) is 5.95. The van der Waals surface area contributed by atoms with E-state index in [1.807, 2.05) is 6.92 Å². The van der Waals surface area contributed by atoms with Gasteiger partial charge in [0.25, 0.3) is 0 Å². The summed E-state index contributed by atoms with van der Waals surface area (Å²) in [7, 11) is 6.20. The molecule has 0 radical (unpaired) electrons. The van der Waals surface area contributed by atoms with Gasteiger partial charge < -0.3 is 9.22 Å². The standard InChI is InChI=1S/C10H20NO2/c1-5-6-7-10(12)13-9-8-11(2,3)4/h6-7H,5,8-9H2,1-4H3/q+1.